The third kappa shape index (κ3) is 5.42. The molecule has 2 aromatic rings. The maximum atomic E-state index is 13.1. The van der Waals surface area contributed by atoms with Crippen LogP contribution in [0.5, 0.6) is 0 Å². The summed E-state index contributed by atoms with van der Waals surface area (Å²) in [4.78, 5) is 39.1. The molecule has 0 radical (unpaired) electrons. The number of carboxylic acid groups (broad SMARTS) is 1. The van der Waals surface area contributed by atoms with Crippen LogP contribution in [0.25, 0.3) is 0 Å². The van der Waals surface area contributed by atoms with Crippen molar-refractivity contribution in [2.45, 2.75) is 51.9 Å². The van der Waals surface area contributed by atoms with Gasteiger partial charge in [0.2, 0.25) is 5.91 Å². The number of nitrogens with zero attached hydrogens (tertiary/aromatic N) is 1. The van der Waals surface area contributed by atoms with Crippen LogP contribution in [-0.4, -0.2) is 40.1 Å². The number of hydrogen-bond donors (Lipinski definition) is 2. The molecule has 2 amide bonds. The van der Waals surface area contributed by atoms with E-state index in [9.17, 15) is 19.5 Å². The lowest BCUT2D eigenvalue weighted by molar-refractivity contribution is -0.144. The Kier molecular flexibility index (Phi) is 7.28. The van der Waals surface area contributed by atoms with Crippen molar-refractivity contribution in [1.82, 2.24) is 10.2 Å². The summed E-state index contributed by atoms with van der Waals surface area (Å²) >= 11 is 0. The van der Waals surface area contributed by atoms with E-state index in [1.165, 1.54) is 4.90 Å². The maximum Gasteiger partial charge on any atom is 0.411 e. The molecule has 3 atom stereocenters. The second kappa shape index (κ2) is 10.1. The predicted molar refractivity (Wildman–Crippen MR) is 115 cm³/mol. The number of carbonyl (C=O) groups excluding carboxylic acids is 2. The zero-order valence-corrected chi connectivity index (χ0v) is 17.8. The molecule has 0 saturated carbocycles. The second-order valence-electron chi connectivity index (χ2n) is 7.87. The smallest absolute Gasteiger partial charge is 0.411 e. The van der Waals surface area contributed by atoms with Crippen LogP contribution in [-0.2, 0) is 33.9 Å². The van der Waals surface area contributed by atoms with Crippen LogP contribution in [0.15, 0.2) is 54.6 Å². The van der Waals surface area contributed by atoms with Crippen LogP contribution >= 0.6 is 0 Å². The number of fused-ring (bicyclic) bond motifs is 1. The highest BCUT2D eigenvalue weighted by Gasteiger charge is 2.37. The van der Waals surface area contributed by atoms with E-state index in [2.05, 4.69) is 5.32 Å². The average Bonchev–Trinajstić information content (AvgIpc) is 2.79. The van der Waals surface area contributed by atoms with Crippen LogP contribution in [0.2, 0.25) is 0 Å². The van der Waals surface area contributed by atoms with E-state index in [0.29, 0.717) is 12.8 Å². The van der Waals surface area contributed by atoms with Crippen LogP contribution < -0.4 is 5.32 Å². The van der Waals surface area contributed by atoms with Crippen molar-refractivity contribution in [3.63, 3.8) is 0 Å². The number of nitrogens with one attached hydrogen (secondary N) is 1. The van der Waals surface area contributed by atoms with Crippen molar-refractivity contribution >= 4 is 18.0 Å². The van der Waals surface area contributed by atoms with E-state index in [1.807, 2.05) is 61.5 Å². The zero-order chi connectivity index (χ0) is 22.4. The molecule has 0 saturated heterocycles. The molecule has 3 rings (SSSR count). The molecule has 1 aliphatic rings. The molecular formula is C24H28N2O5. The normalized spacial score (nSPS) is 17.2. The topological polar surface area (TPSA) is 95.9 Å². The standard InChI is InChI=1S/C24H28N2O5/c1-3-16(2)21(23(28)29)25-22(27)20-13-18-11-7-8-12-19(18)14-26(20)24(30)31-15-17-9-5-4-6-10-17/h4-12,16,20-21H,3,13-15H2,1-2H3,(H,25,27)(H,28,29)/t16-,20+,21+/m1/s1. The Balaban J connectivity index is 1.79. The molecule has 7 nitrogen and oxygen atoms in total. The molecular weight excluding hydrogens is 396 g/mol. The fraction of sp³-hybridized carbons (Fsp3) is 0.375. The van der Waals surface area contributed by atoms with E-state index in [4.69, 9.17) is 4.74 Å². The molecule has 0 unspecified atom stereocenters. The lowest BCUT2D eigenvalue weighted by Gasteiger charge is -2.36. The minimum atomic E-state index is -1.09. The summed E-state index contributed by atoms with van der Waals surface area (Å²) in [7, 11) is 0. The van der Waals surface area contributed by atoms with Gasteiger partial charge in [0.1, 0.15) is 18.7 Å². The Bertz CT molecular complexity index is 931. The second-order valence-corrected chi connectivity index (χ2v) is 7.87. The Labute approximate surface area is 182 Å². The van der Waals surface area contributed by atoms with Crippen molar-refractivity contribution in [1.29, 1.82) is 0 Å². The maximum absolute atomic E-state index is 13.1. The number of amides is 2. The summed E-state index contributed by atoms with van der Waals surface area (Å²) in [6, 6.07) is 15.1. The fourth-order valence-corrected chi connectivity index (χ4v) is 3.68. The predicted octanol–water partition coefficient (Wildman–Crippen LogP) is 3.37. The molecule has 0 bridgehead atoms. The van der Waals surface area contributed by atoms with Crippen molar-refractivity contribution in [3.8, 4) is 0 Å². The zero-order valence-electron chi connectivity index (χ0n) is 17.8. The third-order valence-electron chi connectivity index (χ3n) is 5.77. The van der Waals surface area contributed by atoms with Crippen molar-refractivity contribution in [3.05, 3.63) is 71.3 Å². The first-order valence-electron chi connectivity index (χ1n) is 10.5. The molecule has 1 aliphatic heterocycles. The number of carbonyl (C=O) groups is 3. The molecule has 0 aliphatic carbocycles. The Hall–Kier alpha value is -3.35. The molecule has 0 fully saturated rings. The van der Waals surface area contributed by atoms with Gasteiger partial charge in [-0.3, -0.25) is 9.69 Å². The monoisotopic (exact) mass is 424 g/mol. The Morgan fingerprint density at radius 1 is 1.10 bits per heavy atom. The number of benzene rings is 2. The van der Waals surface area contributed by atoms with E-state index in [0.717, 1.165) is 16.7 Å². The molecule has 164 valence electrons. The lowest BCUT2D eigenvalue weighted by Crippen LogP contribution is -2.56. The molecule has 0 spiro atoms. The molecule has 2 N–H and O–H groups in total. The minimum Gasteiger partial charge on any atom is -0.480 e. The highest BCUT2D eigenvalue weighted by molar-refractivity contribution is 5.90. The van der Waals surface area contributed by atoms with Crippen LogP contribution in [0.3, 0.4) is 0 Å². The van der Waals surface area contributed by atoms with Crippen molar-refractivity contribution < 1.29 is 24.2 Å². The van der Waals surface area contributed by atoms with Crippen LogP contribution in [0.1, 0.15) is 37.0 Å². The van der Waals surface area contributed by atoms with Gasteiger partial charge in [-0.05, 0) is 22.6 Å². The summed E-state index contributed by atoms with van der Waals surface area (Å²) in [5.74, 6) is -1.81. The van der Waals surface area contributed by atoms with Crippen LogP contribution in [0, 0.1) is 5.92 Å². The number of ether oxygens (including phenoxy) is 1. The van der Waals surface area contributed by atoms with Gasteiger partial charge in [0.05, 0.1) is 6.54 Å². The van der Waals surface area contributed by atoms with E-state index < -0.39 is 30.1 Å². The number of rotatable bonds is 7. The number of hydrogen-bond acceptors (Lipinski definition) is 4. The first-order chi connectivity index (χ1) is 14.9. The summed E-state index contributed by atoms with van der Waals surface area (Å²) in [6.07, 6.45) is 0.303. The first kappa shape index (κ1) is 22.3. The van der Waals surface area contributed by atoms with Gasteiger partial charge in [-0.1, -0.05) is 74.9 Å². The molecule has 2 aromatic carbocycles. The van der Waals surface area contributed by atoms with Gasteiger partial charge in [0, 0.05) is 6.42 Å². The van der Waals surface area contributed by atoms with E-state index >= 15 is 0 Å². The number of aliphatic carboxylic acids is 1. The first-order valence-corrected chi connectivity index (χ1v) is 10.5. The van der Waals surface area contributed by atoms with Gasteiger partial charge >= 0.3 is 12.1 Å². The van der Waals surface area contributed by atoms with Gasteiger partial charge in [0.15, 0.2) is 0 Å². The van der Waals surface area contributed by atoms with Crippen LogP contribution in [0.4, 0.5) is 4.79 Å². The largest absolute Gasteiger partial charge is 0.480 e. The average molecular weight is 424 g/mol. The van der Waals surface area contributed by atoms with Crippen molar-refractivity contribution in [2.75, 3.05) is 0 Å². The van der Waals surface area contributed by atoms with E-state index in [-0.39, 0.29) is 19.1 Å². The SMILES string of the molecule is CC[C@@H](C)[C@H](NC(=O)[C@@H]1Cc2ccccc2CN1C(=O)OCc1ccccc1)C(=O)O. The van der Waals surface area contributed by atoms with Gasteiger partial charge < -0.3 is 15.2 Å². The molecule has 1 heterocycles. The number of carboxylic acids is 1. The van der Waals surface area contributed by atoms with Gasteiger partial charge in [-0.25, -0.2) is 9.59 Å². The van der Waals surface area contributed by atoms with Gasteiger partial charge in [-0.2, -0.15) is 0 Å². The fourth-order valence-electron chi connectivity index (χ4n) is 3.68. The van der Waals surface area contributed by atoms with Crippen molar-refractivity contribution in [2.24, 2.45) is 5.92 Å². The van der Waals surface area contributed by atoms with Gasteiger partial charge in [0.25, 0.3) is 0 Å². The molecule has 31 heavy (non-hydrogen) atoms. The summed E-state index contributed by atoms with van der Waals surface area (Å²) in [6.45, 7) is 3.97. The highest BCUT2D eigenvalue weighted by atomic mass is 16.6. The molecule has 7 heteroatoms. The summed E-state index contributed by atoms with van der Waals surface area (Å²) in [5, 5.41) is 12.2. The highest BCUT2D eigenvalue weighted by Crippen LogP contribution is 2.25. The molecule has 0 aromatic heterocycles. The summed E-state index contributed by atoms with van der Waals surface area (Å²) in [5.41, 5.74) is 2.75. The lowest BCUT2D eigenvalue weighted by atomic mass is 9.93. The van der Waals surface area contributed by atoms with E-state index in [1.54, 1.807) is 6.92 Å². The quantitative estimate of drug-likeness (QED) is 0.711. The Morgan fingerprint density at radius 2 is 1.74 bits per heavy atom. The van der Waals surface area contributed by atoms with Gasteiger partial charge in [-0.15, -0.1) is 0 Å². The Morgan fingerprint density at radius 3 is 2.39 bits per heavy atom. The third-order valence-corrected chi connectivity index (χ3v) is 5.77. The summed E-state index contributed by atoms with van der Waals surface area (Å²) < 4.78 is 5.47. The minimum absolute atomic E-state index is 0.0940.